The van der Waals surface area contributed by atoms with Gasteiger partial charge < -0.3 is 5.32 Å². The Hall–Kier alpha value is -0.830. The van der Waals surface area contributed by atoms with Crippen molar-refractivity contribution in [2.45, 2.75) is 37.0 Å². The standard InChI is InChI=1S/C12H16ClF3N2O2S/c1-8(6-12(14,15)16)18-21(19,20)10-4-3-9(7-17-2)11(13)5-10/h3-5,8,17-18H,6-7H2,1-2H3. The molecule has 0 aliphatic heterocycles. The maximum atomic E-state index is 12.2. The van der Waals surface area contributed by atoms with Crippen LogP contribution in [0.1, 0.15) is 18.9 Å². The number of halogens is 4. The number of rotatable bonds is 6. The van der Waals surface area contributed by atoms with Gasteiger partial charge in [-0.25, -0.2) is 13.1 Å². The molecule has 0 aliphatic carbocycles. The molecule has 1 atom stereocenters. The van der Waals surface area contributed by atoms with Crippen LogP contribution in [0, 0.1) is 0 Å². The summed E-state index contributed by atoms with van der Waals surface area (Å²) in [6, 6.07) is 2.78. The summed E-state index contributed by atoms with van der Waals surface area (Å²) in [6.07, 6.45) is -5.67. The van der Waals surface area contributed by atoms with Gasteiger partial charge in [0.25, 0.3) is 0 Å². The van der Waals surface area contributed by atoms with Gasteiger partial charge >= 0.3 is 6.18 Å². The molecule has 0 aliphatic rings. The molecular weight excluding hydrogens is 329 g/mol. The Morgan fingerprint density at radius 2 is 1.95 bits per heavy atom. The van der Waals surface area contributed by atoms with Gasteiger partial charge in [0.15, 0.2) is 0 Å². The molecule has 0 fully saturated rings. The number of benzene rings is 1. The third kappa shape index (κ3) is 5.82. The van der Waals surface area contributed by atoms with Crippen LogP contribution in [-0.2, 0) is 16.6 Å². The Bertz CT molecular complexity index is 591. The van der Waals surface area contributed by atoms with Crippen molar-refractivity contribution in [3.05, 3.63) is 28.8 Å². The van der Waals surface area contributed by atoms with E-state index in [9.17, 15) is 21.6 Å². The number of sulfonamides is 1. The van der Waals surface area contributed by atoms with E-state index in [1.54, 1.807) is 7.05 Å². The molecule has 0 aromatic heterocycles. The number of alkyl halides is 3. The first kappa shape index (κ1) is 18.2. The quantitative estimate of drug-likeness (QED) is 0.834. The monoisotopic (exact) mass is 344 g/mol. The van der Waals surface area contributed by atoms with Crippen LogP contribution in [0.15, 0.2) is 23.1 Å². The topological polar surface area (TPSA) is 58.2 Å². The molecule has 0 amide bonds. The lowest BCUT2D eigenvalue weighted by atomic mass is 10.2. The zero-order chi connectivity index (χ0) is 16.3. The molecule has 0 bridgehead atoms. The van der Waals surface area contributed by atoms with Gasteiger partial charge in [0.05, 0.1) is 11.3 Å². The zero-order valence-corrected chi connectivity index (χ0v) is 13.0. The highest BCUT2D eigenvalue weighted by Gasteiger charge is 2.32. The Morgan fingerprint density at radius 3 is 2.43 bits per heavy atom. The molecule has 9 heteroatoms. The zero-order valence-electron chi connectivity index (χ0n) is 11.5. The fourth-order valence-corrected chi connectivity index (χ4v) is 3.33. The lowest BCUT2D eigenvalue weighted by Gasteiger charge is -2.16. The van der Waals surface area contributed by atoms with Crippen LogP contribution in [0.5, 0.6) is 0 Å². The molecular formula is C12H16ClF3N2O2S. The number of nitrogens with one attached hydrogen (secondary N) is 2. The summed E-state index contributed by atoms with van der Waals surface area (Å²) >= 11 is 5.95. The smallest absolute Gasteiger partial charge is 0.316 e. The summed E-state index contributed by atoms with van der Waals surface area (Å²) in [5, 5.41) is 3.10. The van der Waals surface area contributed by atoms with Crippen molar-refractivity contribution < 1.29 is 21.6 Å². The van der Waals surface area contributed by atoms with E-state index < -0.39 is 28.7 Å². The van der Waals surface area contributed by atoms with E-state index in [0.29, 0.717) is 12.1 Å². The predicted octanol–water partition coefficient (Wildman–Crippen LogP) is 2.68. The van der Waals surface area contributed by atoms with Gasteiger partial charge in [0.1, 0.15) is 0 Å². The van der Waals surface area contributed by atoms with E-state index >= 15 is 0 Å². The fourth-order valence-electron chi connectivity index (χ4n) is 1.75. The summed E-state index contributed by atoms with van der Waals surface area (Å²) in [6.45, 7) is 1.61. The molecule has 0 spiro atoms. The van der Waals surface area contributed by atoms with Crippen molar-refractivity contribution >= 4 is 21.6 Å². The van der Waals surface area contributed by atoms with Crippen LogP contribution in [0.2, 0.25) is 5.02 Å². The minimum atomic E-state index is -4.43. The van der Waals surface area contributed by atoms with E-state index in [1.807, 2.05) is 4.72 Å². The molecule has 21 heavy (non-hydrogen) atoms. The normalized spacial score (nSPS) is 14.2. The van der Waals surface area contributed by atoms with Gasteiger partial charge in [-0.05, 0) is 31.7 Å². The Kier molecular flexibility index (Phi) is 6.03. The van der Waals surface area contributed by atoms with E-state index in [0.717, 1.165) is 6.92 Å². The second-order valence-electron chi connectivity index (χ2n) is 4.63. The molecule has 0 saturated heterocycles. The second-order valence-corrected chi connectivity index (χ2v) is 6.75. The summed E-state index contributed by atoms with van der Waals surface area (Å²) in [7, 11) is -2.33. The van der Waals surface area contributed by atoms with E-state index in [2.05, 4.69) is 5.32 Å². The maximum Gasteiger partial charge on any atom is 0.390 e. The second kappa shape index (κ2) is 6.95. The summed E-state index contributed by atoms with van der Waals surface area (Å²) in [5.74, 6) is 0. The van der Waals surface area contributed by atoms with E-state index in [4.69, 9.17) is 11.6 Å². The van der Waals surface area contributed by atoms with Crippen molar-refractivity contribution in [1.82, 2.24) is 10.0 Å². The maximum absolute atomic E-state index is 12.2. The first-order valence-corrected chi connectivity index (χ1v) is 7.93. The van der Waals surface area contributed by atoms with E-state index in [1.165, 1.54) is 18.2 Å². The van der Waals surface area contributed by atoms with Gasteiger partial charge in [-0.3, -0.25) is 0 Å². The summed E-state index contributed by atoms with van der Waals surface area (Å²) < 4.78 is 62.6. The molecule has 1 unspecified atom stereocenters. The molecule has 2 N–H and O–H groups in total. The molecule has 120 valence electrons. The highest BCUT2D eigenvalue weighted by molar-refractivity contribution is 7.89. The fraction of sp³-hybridized carbons (Fsp3) is 0.500. The van der Waals surface area contributed by atoms with Gasteiger partial charge in [-0.2, -0.15) is 13.2 Å². The van der Waals surface area contributed by atoms with Crippen LogP contribution in [-0.4, -0.2) is 27.7 Å². The third-order valence-corrected chi connectivity index (χ3v) is 4.54. The highest BCUT2D eigenvalue weighted by atomic mass is 35.5. The summed E-state index contributed by atoms with van der Waals surface area (Å²) in [4.78, 5) is -0.165. The van der Waals surface area contributed by atoms with E-state index in [-0.39, 0.29) is 9.92 Å². The van der Waals surface area contributed by atoms with Crippen LogP contribution in [0.4, 0.5) is 13.2 Å². The molecule has 0 radical (unpaired) electrons. The average Bonchev–Trinajstić information content (AvgIpc) is 2.28. The molecule has 1 rings (SSSR count). The van der Waals surface area contributed by atoms with Gasteiger partial charge in [0, 0.05) is 17.6 Å². The average molecular weight is 345 g/mol. The van der Waals surface area contributed by atoms with Crippen LogP contribution < -0.4 is 10.0 Å². The molecule has 0 saturated carbocycles. The number of hydrogen-bond donors (Lipinski definition) is 2. The van der Waals surface area contributed by atoms with Crippen molar-refractivity contribution in [3.8, 4) is 0 Å². The first-order valence-electron chi connectivity index (χ1n) is 6.07. The number of hydrogen-bond acceptors (Lipinski definition) is 3. The molecule has 4 nitrogen and oxygen atoms in total. The van der Waals surface area contributed by atoms with Gasteiger partial charge in [-0.15, -0.1) is 0 Å². The van der Waals surface area contributed by atoms with Crippen molar-refractivity contribution in [2.75, 3.05) is 7.05 Å². The van der Waals surface area contributed by atoms with Crippen molar-refractivity contribution in [3.63, 3.8) is 0 Å². The van der Waals surface area contributed by atoms with Crippen LogP contribution in [0.3, 0.4) is 0 Å². The Labute approximate surface area is 126 Å². The van der Waals surface area contributed by atoms with Crippen molar-refractivity contribution in [1.29, 1.82) is 0 Å². The van der Waals surface area contributed by atoms with Crippen molar-refractivity contribution in [2.24, 2.45) is 0 Å². The molecule has 1 aromatic carbocycles. The lowest BCUT2D eigenvalue weighted by Crippen LogP contribution is -2.35. The molecule has 1 aromatic rings. The first-order chi connectivity index (χ1) is 9.55. The predicted molar refractivity (Wildman–Crippen MR) is 74.7 cm³/mol. The Morgan fingerprint density at radius 1 is 1.33 bits per heavy atom. The minimum Gasteiger partial charge on any atom is -0.316 e. The highest BCUT2D eigenvalue weighted by Crippen LogP contribution is 2.24. The van der Waals surface area contributed by atoms with Gasteiger partial charge in [-0.1, -0.05) is 17.7 Å². The third-order valence-electron chi connectivity index (χ3n) is 2.60. The SMILES string of the molecule is CNCc1ccc(S(=O)(=O)NC(C)CC(F)(F)F)cc1Cl. The van der Waals surface area contributed by atoms with Gasteiger partial charge in [0.2, 0.25) is 10.0 Å². The molecule has 0 heterocycles. The lowest BCUT2D eigenvalue weighted by molar-refractivity contribution is -0.137. The van der Waals surface area contributed by atoms with Crippen LogP contribution >= 0.6 is 11.6 Å². The minimum absolute atomic E-state index is 0.165. The summed E-state index contributed by atoms with van der Waals surface area (Å²) in [5.41, 5.74) is 0.696. The largest absolute Gasteiger partial charge is 0.390 e. The van der Waals surface area contributed by atoms with Crippen LogP contribution in [0.25, 0.3) is 0 Å². The Balaban J connectivity index is 2.90.